The van der Waals surface area contributed by atoms with Crippen molar-refractivity contribution >= 4 is 29.6 Å². The summed E-state index contributed by atoms with van der Waals surface area (Å²) in [7, 11) is 1.12. The Morgan fingerprint density at radius 1 is 0.909 bits per heavy atom. The minimum Gasteiger partial charge on any atom is -0.467 e. The third-order valence-electron chi connectivity index (χ3n) is 4.91. The van der Waals surface area contributed by atoms with Crippen LogP contribution in [0.2, 0.25) is 0 Å². The fourth-order valence-electron chi connectivity index (χ4n) is 3.73. The van der Waals surface area contributed by atoms with Gasteiger partial charge in [-0.2, -0.15) is 0 Å². The smallest absolute Gasteiger partial charge is 0.345 e. The molecule has 1 aliphatic rings. The van der Waals surface area contributed by atoms with E-state index in [1.54, 1.807) is 71.9 Å². The highest BCUT2D eigenvalue weighted by atomic mass is 16.6. The summed E-state index contributed by atoms with van der Waals surface area (Å²) in [6.07, 6.45) is 0. The van der Waals surface area contributed by atoms with Gasteiger partial charge in [0.1, 0.15) is 22.9 Å². The first kappa shape index (κ1) is 26.0. The summed E-state index contributed by atoms with van der Waals surface area (Å²) in [5.41, 5.74) is -4.34. The number of rotatable bonds is 6. The summed E-state index contributed by atoms with van der Waals surface area (Å²) in [5.74, 6) is -6.53. The molecular weight excluding hydrogens is 430 g/mol. The number of nitrogens with zero attached hydrogens (tertiary/aromatic N) is 1. The average molecular weight is 462 g/mol. The van der Waals surface area contributed by atoms with Crippen LogP contribution in [0.15, 0.2) is 30.3 Å². The van der Waals surface area contributed by atoms with Crippen molar-refractivity contribution in [3.8, 4) is 0 Å². The predicted molar refractivity (Wildman–Crippen MR) is 117 cm³/mol. The predicted octanol–water partition coefficient (Wildman–Crippen LogP) is 2.37. The van der Waals surface area contributed by atoms with Crippen molar-refractivity contribution in [1.29, 1.82) is 0 Å². The Morgan fingerprint density at radius 3 is 1.73 bits per heavy atom. The molecule has 0 saturated carbocycles. The minimum atomic E-state index is -2.50. The van der Waals surface area contributed by atoms with E-state index in [9.17, 15) is 24.0 Å². The van der Waals surface area contributed by atoms with Gasteiger partial charge in [0, 0.05) is 0 Å². The molecule has 180 valence electrons. The molecule has 1 aromatic carbocycles. The molecule has 1 heterocycles. The molecule has 1 aromatic rings. The van der Waals surface area contributed by atoms with Gasteiger partial charge in [-0.3, -0.25) is 14.5 Å². The lowest BCUT2D eigenvalue weighted by molar-refractivity contribution is -0.218. The Kier molecular flexibility index (Phi) is 7.06. The highest BCUT2D eigenvalue weighted by molar-refractivity contribution is 6.25. The van der Waals surface area contributed by atoms with Crippen LogP contribution in [-0.4, -0.2) is 58.3 Å². The van der Waals surface area contributed by atoms with Gasteiger partial charge in [-0.15, -0.1) is 0 Å². The molecule has 9 nitrogen and oxygen atoms in total. The van der Waals surface area contributed by atoms with Crippen LogP contribution in [-0.2, 0) is 38.2 Å². The van der Waals surface area contributed by atoms with E-state index in [-0.39, 0.29) is 5.56 Å². The molecule has 33 heavy (non-hydrogen) atoms. The van der Waals surface area contributed by atoms with Gasteiger partial charge in [0.2, 0.25) is 5.91 Å². The molecule has 0 radical (unpaired) electrons. The molecule has 9 heteroatoms. The number of Topliss-reactive ketones (excluding diaryl/α,β-unsaturated/α-hetero) is 1. The second kappa shape index (κ2) is 8.96. The van der Waals surface area contributed by atoms with E-state index in [0.29, 0.717) is 0 Å². The molecular formula is C24H31NO8. The van der Waals surface area contributed by atoms with Crippen LogP contribution in [0.25, 0.3) is 0 Å². The van der Waals surface area contributed by atoms with Crippen LogP contribution in [0.4, 0.5) is 0 Å². The Morgan fingerprint density at radius 2 is 1.36 bits per heavy atom. The normalized spacial score (nSPS) is 18.6. The summed E-state index contributed by atoms with van der Waals surface area (Å²) in [6.45, 7) is 10.6. The number of amides is 1. The summed E-state index contributed by atoms with van der Waals surface area (Å²) < 4.78 is 15.9. The van der Waals surface area contributed by atoms with E-state index >= 15 is 0 Å². The third-order valence-corrected chi connectivity index (χ3v) is 4.91. The Bertz CT molecular complexity index is 927. The molecule has 0 aromatic heterocycles. The molecule has 0 N–H and O–H groups in total. The highest BCUT2D eigenvalue weighted by Gasteiger charge is 2.76. The Hall–Kier alpha value is -3.23. The number of ketones is 1. The Labute approximate surface area is 193 Å². The SMILES string of the molecule is COC(=O)C(c1ccccc1)N1C(=O)C(C(C)=O)C1(C(=O)OC(C)(C)C)C(=O)OC(C)(C)C. The number of esters is 3. The lowest BCUT2D eigenvalue weighted by Gasteiger charge is -2.55. The van der Waals surface area contributed by atoms with Crippen LogP contribution >= 0.6 is 0 Å². The molecule has 2 rings (SSSR count). The largest absolute Gasteiger partial charge is 0.467 e. The first-order chi connectivity index (χ1) is 15.1. The summed E-state index contributed by atoms with van der Waals surface area (Å²) in [4.78, 5) is 66.6. The molecule has 1 amide bonds. The van der Waals surface area contributed by atoms with Gasteiger partial charge in [0.15, 0.2) is 6.04 Å². The van der Waals surface area contributed by atoms with Gasteiger partial charge in [-0.1, -0.05) is 30.3 Å². The lowest BCUT2D eigenvalue weighted by atomic mass is 9.68. The number of carbonyl (C=O) groups excluding carboxylic acids is 5. The number of methoxy groups -OCH3 is 1. The average Bonchev–Trinajstić information content (AvgIpc) is 2.66. The van der Waals surface area contributed by atoms with Crippen LogP contribution in [0.3, 0.4) is 0 Å². The molecule has 0 aliphatic carbocycles. The summed E-state index contributed by atoms with van der Waals surface area (Å²) in [5, 5.41) is 0. The van der Waals surface area contributed by atoms with Crippen molar-refractivity contribution in [2.24, 2.45) is 5.92 Å². The number of hydrogen-bond donors (Lipinski definition) is 0. The van der Waals surface area contributed by atoms with Crippen molar-refractivity contribution in [2.45, 2.75) is 71.2 Å². The fourth-order valence-corrected chi connectivity index (χ4v) is 3.73. The standard InChI is InChI=1S/C24H31NO8/c1-14(26)16-18(27)25(17(19(28)31-8)15-12-10-9-11-13-15)24(16,20(29)32-22(2,3)4)21(30)33-23(5,6)7/h9-13,16-17H,1-8H3. The van der Waals surface area contributed by atoms with E-state index in [1.165, 1.54) is 0 Å². The van der Waals surface area contributed by atoms with Gasteiger partial charge >= 0.3 is 17.9 Å². The van der Waals surface area contributed by atoms with E-state index in [4.69, 9.17) is 14.2 Å². The van der Waals surface area contributed by atoms with Crippen molar-refractivity contribution in [3.63, 3.8) is 0 Å². The lowest BCUT2D eigenvalue weighted by Crippen LogP contribution is -2.81. The number of β-lactam (4-membered cyclic amide) rings is 1. The third kappa shape index (κ3) is 4.91. The molecule has 1 saturated heterocycles. The van der Waals surface area contributed by atoms with E-state index in [0.717, 1.165) is 18.9 Å². The molecule has 2 atom stereocenters. The maximum Gasteiger partial charge on any atom is 0.345 e. The quantitative estimate of drug-likeness (QED) is 0.274. The van der Waals surface area contributed by atoms with Gasteiger partial charge in [-0.05, 0) is 54.0 Å². The molecule has 1 fully saturated rings. The second-order valence-electron chi connectivity index (χ2n) is 9.86. The summed E-state index contributed by atoms with van der Waals surface area (Å²) in [6, 6.07) is 6.56. The Balaban J connectivity index is 2.82. The zero-order chi connectivity index (χ0) is 25.4. The molecule has 2 unspecified atom stereocenters. The highest BCUT2D eigenvalue weighted by Crippen LogP contribution is 2.48. The molecule has 0 spiro atoms. The zero-order valence-corrected chi connectivity index (χ0v) is 20.3. The van der Waals surface area contributed by atoms with Crippen LogP contribution in [0.1, 0.15) is 60.1 Å². The van der Waals surface area contributed by atoms with Gasteiger partial charge < -0.3 is 14.2 Å². The van der Waals surface area contributed by atoms with Gasteiger partial charge in [-0.25, -0.2) is 14.4 Å². The number of carbonyl (C=O) groups is 5. The molecule has 1 aliphatic heterocycles. The van der Waals surface area contributed by atoms with Crippen LogP contribution in [0, 0.1) is 5.92 Å². The monoisotopic (exact) mass is 461 g/mol. The topological polar surface area (TPSA) is 116 Å². The van der Waals surface area contributed by atoms with Gasteiger partial charge in [0.05, 0.1) is 7.11 Å². The molecule has 0 bridgehead atoms. The maximum absolute atomic E-state index is 13.6. The number of ether oxygens (including phenoxy) is 3. The summed E-state index contributed by atoms with van der Waals surface area (Å²) >= 11 is 0. The second-order valence-corrected chi connectivity index (χ2v) is 9.86. The fraction of sp³-hybridized carbons (Fsp3) is 0.542. The minimum absolute atomic E-state index is 0.288. The van der Waals surface area contributed by atoms with Crippen molar-refractivity contribution in [3.05, 3.63) is 35.9 Å². The van der Waals surface area contributed by atoms with Crippen LogP contribution < -0.4 is 0 Å². The number of likely N-dealkylation sites (tertiary alicyclic amines) is 1. The van der Waals surface area contributed by atoms with Crippen molar-refractivity contribution in [2.75, 3.05) is 7.11 Å². The maximum atomic E-state index is 13.6. The van der Waals surface area contributed by atoms with Gasteiger partial charge in [0.25, 0.3) is 5.54 Å². The van der Waals surface area contributed by atoms with Crippen molar-refractivity contribution < 1.29 is 38.2 Å². The van der Waals surface area contributed by atoms with Crippen LogP contribution in [0.5, 0.6) is 0 Å². The van der Waals surface area contributed by atoms with E-state index in [1.807, 2.05) is 0 Å². The number of benzene rings is 1. The van der Waals surface area contributed by atoms with E-state index < -0.39 is 58.3 Å². The first-order valence-electron chi connectivity index (χ1n) is 10.5. The first-order valence-corrected chi connectivity index (χ1v) is 10.5. The number of hydrogen-bond acceptors (Lipinski definition) is 8. The van der Waals surface area contributed by atoms with Crippen molar-refractivity contribution in [1.82, 2.24) is 4.90 Å². The zero-order valence-electron chi connectivity index (χ0n) is 20.3. The van der Waals surface area contributed by atoms with E-state index in [2.05, 4.69) is 0 Å².